The number of hydrogen-bond donors (Lipinski definition) is 3. The van der Waals surface area contributed by atoms with Crippen molar-refractivity contribution < 1.29 is 29.2 Å². The highest BCUT2D eigenvalue weighted by Gasteiger charge is 2.25. The van der Waals surface area contributed by atoms with Gasteiger partial charge in [0.1, 0.15) is 17.1 Å². The summed E-state index contributed by atoms with van der Waals surface area (Å²) in [5.74, 6) is -2.71. The molecule has 0 aliphatic carbocycles. The number of halogens is 3. The van der Waals surface area contributed by atoms with E-state index in [1.807, 2.05) is 0 Å². The van der Waals surface area contributed by atoms with Crippen molar-refractivity contribution >= 4 is 58.3 Å². The predicted octanol–water partition coefficient (Wildman–Crippen LogP) is 3.20. The van der Waals surface area contributed by atoms with Gasteiger partial charge in [-0.3, -0.25) is 24.5 Å². The summed E-state index contributed by atoms with van der Waals surface area (Å²) in [6.45, 7) is 1.10. The number of aromatic nitrogens is 1. The van der Waals surface area contributed by atoms with Gasteiger partial charge in [0.25, 0.3) is 11.6 Å². The fraction of sp³-hybridized carbons (Fsp3) is 0.263. The van der Waals surface area contributed by atoms with Gasteiger partial charge in [-0.05, 0) is 19.1 Å². The lowest BCUT2D eigenvalue weighted by molar-refractivity contribution is -0.385. The van der Waals surface area contributed by atoms with Crippen molar-refractivity contribution in [2.45, 2.75) is 19.4 Å². The van der Waals surface area contributed by atoms with Crippen LogP contribution in [0.4, 0.5) is 5.69 Å². The van der Waals surface area contributed by atoms with Crippen molar-refractivity contribution in [3.8, 4) is 5.75 Å². The molecule has 0 fully saturated rings. The van der Waals surface area contributed by atoms with Crippen LogP contribution in [0.25, 0.3) is 0 Å². The average Bonchev–Trinajstić information content (AvgIpc) is 2.74. The van der Waals surface area contributed by atoms with Crippen LogP contribution in [0.1, 0.15) is 35.3 Å². The maximum absolute atomic E-state index is 12.5. The van der Waals surface area contributed by atoms with Gasteiger partial charge in [0.15, 0.2) is 0 Å². The second kappa shape index (κ2) is 11.6. The van der Waals surface area contributed by atoms with Gasteiger partial charge in [-0.1, -0.05) is 34.8 Å². The first-order valence-electron chi connectivity index (χ1n) is 9.24. The zero-order chi connectivity index (χ0) is 24.7. The van der Waals surface area contributed by atoms with E-state index in [9.17, 15) is 29.6 Å². The monoisotopic (exact) mass is 518 g/mol. The van der Waals surface area contributed by atoms with Crippen LogP contribution < -0.4 is 10.6 Å². The molecule has 0 saturated heterocycles. The summed E-state index contributed by atoms with van der Waals surface area (Å²) in [4.78, 5) is 50.5. The third-order valence-electron chi connectivity index (χ3n) is 4.13. The van der Waals surface area contributed by atoms with E-state index in [2.05, 4.69) is 15.6 Å². The fourth-order valence-electron chi connectivity index (χ4n) is 2.67. The number of aromatic hydroxyl groups is 1. The molecule has 1 unspecified atom stereocenters. The number of ether oxygens (including phenoxy) is 1. The standard InChI is InChI=1S/C19H17Cl3N4O7/c1-2-33-16(28)6-14(11-3-9(20)4-13(21)17(11)29)25-15(27)8-24-19(30)12-5-10(26(31)32)7-23-18(12)22/h3-5,7,14,29H,2,6,8H2,1H3,(H,24,30)(H,25,27). The van der Waals surface area contributed by atoms with Crippen LogP contribution >= 0.6 is 34.8 Å². The van der Waals surface area contributed by atoms with Crippen molar-refractivity contribution in [1.29, 1.82) is 0 Å². The molecule has 0 radical (unpaired) electrons. The summed E-state index contributed by atoms with van der Waals surface area (Å²) in [6.07, 6.45) is 0.521. The summed E-state index contributed by atoms with van der Waals surface area (Å²) < 4.78 is 4.89. The van der Waals surface area contributed by atoms with Crippen molar-refractivity contribution in [2.75, 3.05) is 13.2 Å². The molecule has 2 amide bonds. The van der Waals surface area contributed by atoms with Gasteiger partial charge in [-0.2, -0.15) is 0 Å². The van der Waals surface area contributed by atoms with Gasteiger partial charge >= 0.3 is 5.97 Å². The van der Waals surface area contributed by atoms with Crippen molar-refractivity contribution in [3.05, 3.63) is 60.8 Å². The number of phenols is 1. The van der Waals surface area contributed by atoms with E-state index in [-0.39, 0.29) is 39.4 Å². The number of benzene rings is 1. The minimum Gasteiger partial charge on any atom is -0.506 e. The van der Waals surface area contributed by atoms with Gasteiger partial charge in [0, 0.05) is 16.7 Å². The molecule has 0 saturated carbocycles. The number of nitrogens with zero attached hydrogens (tertiary/aromatic N) is 2. The Morgan fingerprint density at radius 2 is 1.94 bits per heavy atom. The molecule has 1 heterocycles. The highest BCUT2D eigenvalue weighted by molar-refractivity contribution is 6.35. The molecule has 2 rings (SSSR count). The minimum atomic E-state index is -1.09. The number of carbonyl (C=O) groups excluding carboxylic acids is 3. The SMILES string of the molecule is CCOC(=O)CC(NC(=O)CNC(=O)c1cc([N+](=O)[O-])cnc1Cl)c1cc(Cl)cc(Cl)c1O. The minimum absolute atomic E-state index is 0.0613. The molecule has 2 aromatic rings. The topological polar surface area (TPSA) is 161 Å². The summed E-state index contributed by atoms with van der Waals surface area (Å²) in [5, 5.41) is 25.6. The molecule has 33 heavy (non-hydrogen) atoms. The van der Waals surface area contributed by atoms with E-state index in [4.69, 9.17) is 39.5 Å². The van der Waals surface area contributed by atoms with Crippen molar-refractivity contribution in [1.82, 2.24) is 15.6 Å². The molecule has 14 heteroatoms. The molecule has 1 aromatic carbocycles. The zero-order valence-corrected chi connectivity index (χ0v) is 19.2. The number of hydrogen-bond acceptors (Lipinski definition) is 8. The van der Waals surface area contributed by atoms with Crippen LogP contribution in [0.5, 0.6) is 5.75 Å². The number of esters is 1. The largest absolute Gasteiger partial charge is 0.506 e. The molecule has 0 aliphatic heterocycles. The Labute approximate surface area is 202 Å². The fourth-order valence-corrected chi connectivity index (χ4v) is 3.37. The Morgan fingerprint density at radius 3 is 2.58 bits per heavy atom. The van der Waals surface area contributed by atoms with Crippen LogP contribution in [0.15, 0.2) is 24.4 Å². The number of nitrogens with one attached hydrogen (secondary N) is 2. The number of rotatable bonds is 9. The van der Waals surface area contributed by atoms with E-state index >= 15 is 0 Å². The van der Waals surface area contributed by atoms with Crippen LogP contribution in [0, 0.1) is 10.1 Å². The molecule has 0 bridgehead atoms. The summed E-state index contributed by atoms with van der Waals surface area (Å²) in [5.41, 5.74) is -0.705. The molecule has 0 aliphatic rings. The van der Waals surface area contributed by atoms with Gasteiger partial charge in [-0.25, -0.2) is 4.98 Å². The number of phenolic OH excluding ortho intramolecular Hbond substituents is 1. The summed E-state index contributed by atoms with van der Waals surface area (Å²) >= 11 is 17.7. The molecular weight excluding hydrogens is 503 g/mol. The Balaban J connectivity index is 2.16. The van der Waals surface area contributed by atoms with E-state index < -0.39 is 46.7 Å². The molecule has 1 aromatic heterocycles. The third-order valence-corrected chi connectivity index (χ3v) is 4.94. The number of carbonyl (C=O) groups is 3. The Bertz CT molecular complexity index is 1100. The van der Waals surface area contributed by atoms with Crippen molar-refractivity contribution in [2.24, 2.45) is 0 Å². The normalized spacial score (nSPS) is 11.4. The van der Waals surface area contributed by atoms with Crippen LogP contribution in [-0.2, 0) is 14.3 Å². The first kappa shape index (κ1) is 26.1. The number of amides is 2. The molecule has 0 spiro atoms. The smallest absolute Gasteiger partial charge is 0.308 e. The predicted molar refractivity (Wildman–Crippen MR) is 118 cm³/mol. The lowest BCUT2D eigenvalue weighted by Crippen LogP contribution is -2.39. The van der Waals surface area contributed by atoms with Gasteiger partial charge in [0.2, 0.25) is 5.91 Å². The lowest BCUT2D eigenvalue weighted by atomic mass is 10.0. The Hall–Kier alpha value is -3.15. The quantitative estimate of drug-likeness (QED) is 0.197. The summed E-state index contributed by atoms with van der Waals surface area (Å²) in [6, 6.07) is 2.42. The highest BCUT2D eigenvalue weighted by atomic mass is 35.5. The van der Waals surface area contributed by atoms with Crippen LogP contribution in [0.2, 0.25) is 15.2 Å². The van der Waals surface area contributed by atoms with Crippen LogP contribution in [0.3, 0.4) is 0 Å². The zero-order valence-electron chi connectivity index (χ0n) is 16.9. The summed E-state index contributed by atoms with van der Waals surface area (Å²) in [7, 11) is 0. The lowest BCUT2D eigenvalue weighted by Gasteiger charge is -2.20. The Morgan fingerprint density at radius 1 is 1.24 bits per heavy atom. The molecule has 1 atom stereocenters. The Kier molecular flexibility index (Phi) is 9.21. The van der Waals surface area contributed by atoms with Gasteiger partial charge < -0.3 is 20.5 Å². The van der Waals surface area contributed by atoms with E-state index in [1.54, 1.807) is 6.92 Å². The average molecular weight is 520 g/mol. The van der Waals surface area contributed by atoms with E-state index in [1.165, 1.54) is 12.1 Å². The molecule has 3 N–H and O–H groups in total. The number of pyridine rings is 1. The maximum Gasteiger partial charge on any atom is 0.308 e. The highest BCUT2D eigenvalue weighted by Crippen LogP contribution is 2.36. The van der Waals surface area contributed by atoms with Crippen LogP contribution in [-0.4, -0.2) is 45.9 Å². The van der Waals surface area contributed by atoms with E-state index in [0.717, 1.165) is 12.3 Å². The molecule has 11 nitrogen and oxygen atoms in total. The molecule has 176 valence electrons. The first-order valence-corrected chi connectivity index (χ1v) is 10.4. The molecular formula is C19H17Cl3N4O7. The van der Waals surface area contributed by atoms with Gasteiger partial charge in [0.05, 0.1) is 41.1 Å². The first-order chi connectivity index (χ1) is 15.5. The maximum atomic E-state index is 12.5. The second-order valence-corrected chi connectivity index (χ2v) is 7.63. The van der Waals surface area contributed by atoms with E-state index in [0.29, 0.717) is 0 Å². The number of nitro groups is 1. The second-order valence-electron chi connectivity index (χ2n) is 6.43. The third kappa shape index (κ3) is 7.17. The van der Waals surface area contributed by atoms with Crippen molar-refractivity contribution in [3.63, 3.8) is 0 Å². The van der Waals surface area contributed by atoms with Gasteiger partial charge in [-0.15, -0.1) is 0 Å².